The maximum atomic E-state index is 13.4. The Morgan fingerprint density at radius 2 is 1.84 bits per heavy atom. The fourth-order valence-electron chi connectivity index (χ4n) is 4.04. The maximum absolute atomic E-state index is 13.4. The number of nitrogens with two attached hydrogens (primary N) is 3. The van der Waals surface area contributed by atoms with Crippen molar-refractivity contribution in [1.82, 2.24) is 25.5 Å². The van der Waals surface area contributed by atoms with E-state index in [4.69, 9.17) is 22.3 Å². The van der Waals surface area contributed by atoms with Crippen LogP contribution in [0.15, 0.2) is 17.5 Å². The molecule has 0 aromatic carbocycles. The van der Waals surface area contributed by atoms with Crippen LogP contribution in [-0.4, -0.2) is 98.0 Å². The number of nitrogens with zero attached hydrogens (tertiary/aromatic N) is 3. The predicted molar refractivity (Wildman–Crippen MR) is 133 cm³/mol. The summed E-state index contributed by atoms with van der Waals surface area (Å²) in [4.78, 5) is 73.5. The molecule has 1 aromatic heterocycles. The van der Waals surface area contributed by atoms with Crippen LogP contribution in [0.3, 0.4) is 0 Å². The van der Waals surface area contributed by atoms with E-state index in [0.29, 0.717) is 18.5 Å². The van der Waals surface area contributed by atoms with E-state index < -0.39 is 53.8 Å². The number of carboxylic acid groups (broad SMARTS) is 2. The van der Waals surface area contributed by atoms with Gasteiger partial charge in [0.15, 0.2) is 5.96 Å². The van der Waals surface area contributed by atoms with Gasteiger partial charge in [0.2, 0.25) is 17.7 Å². The largest absolute Gasteiger partial charge is 0.481 e. The number of aromatic nitrogens is 2. The number of aliphatic carboxylic acids is 2. The molecular weight excluding hydrogens is 502 g/mol. The third-order valence-corrected chi connectivity index (χ3v) is 6.00. The normalized spacial score (nSPS) is 17.2. The average Bonchev–Trinajstić information content (AvgIpc) is 3.55. The first kappa shape index (κ1) is 30.0. The Hall–Kier alpha value is -4.21. The van der Waals surface area contributed by atoms with Crippen LogP contribution in [0.25, 0.3) is 0 Å². The molecule has 4 unspecified atom stereocenters. The fraction of sp³-hybridized carbons (Fsp3) is 0.591. The Bertz CT molecular complexity index is 1010. The highest BCUT2D eigenvalue weighted by Gasteiger charge is 2.38. The van der Waals surface area contributed by atoms with Crippen molar-refractivity contribution in [2.75, 3.05) is 13.1 Å². The van der Waals surface area contributed by atoms with Crippen molar-refractivity contribution in [3.05, 3.63) is 18.2 Å². The summed E-state index contributed by atoms with van der Waals surface area (Å²) < 4.78 is 0. The van der Waals surface area contributed by atoms with Crippen molar-refractivity contribution in [2.45, 2.75) is 69.1 Å². The van der Waals surface area contributed by atoms with Crippen LogP contribution in [0.4, 0.5) is 0 Å². The van der Waals surface area contributed by atoms with Crippen LogP contribution in [0.1, 0.15) is 44.2 Å². The minimum Gasteiger partial charge on any atom is -0.481 e. The van der Waals surface area contributed by atoms with Crippen LogP contribution in [-0.2, 0) is 30.4 Å². The van der Waals surface area contributed by atoms with Crippen LogP contribution in [0.5, 0.6) is 0 Å². The number of rotatable bonds is 15. The minimum absolute atomic E-state index is 0.000203. The van der Waals surface area contributed by atoms with E-state index in [2.05, 4.69) is 25.6 Å². The first-order chi connectivity index (χ1) is 18.0. The molecule has 0 spiro atoms. The number of guanidine groups is 1. The number of aliphatic imine (C=N–C) groups is 1. The van der Waals surface area contributed by atoms with Gasteiger partial charge in [0.05, 0.1) is 12.4 Å². The lowest BCUT2D eigenvalue weighted by atomic mass is 10.1. The van der Waals surface area contributed by atoms with Crippen molar-refractivity contribution in [2.24, 2.45) is 22.2 Å². The van der Waals surface area contributed by atoms with E-state index in [1.54, 1.807) is 0 Å². The summed E-state index contributed by atoms with van der Waals surface area (Å²) in [7, 11) is 0. The quantitative estimate of drug-likeness (QED) is 0.0644. The lowest BCUT2D eigenvalue weighted by Crippen LogP contribution is -2.57. The molecule has 2 rings (SSSR count). The first-order valence-electron chi connectivity index (χ1n) is 12.1. The fourth-order valence-corrected chi connectivity index (χ4v) is 4.04. The topological polar surface area (TPSA) is 272 Å². The molecule has 1 aliphatic rings. The highest BCUT2D eigenvalue weighted by Crippen LogP contribution is 2.19. The molecule has 0 radical (unpaired) electrons. The number of aromatic amines is 1. The van der Waals surface area contributed by atoms with Gasteiger partial charge in [-0.25, -0.2) is 9.78 Å². The summed E-state index contributed by atoms with van der Waals surface area (Å²) in [6.45, 7) is 0.389. The van der Waals surface area contributed by atoms with Crippen molar-refractivity contribution in [3.63, 3.8) is 0 Å². The average molecular weight is 538 g/mol. The Balaban J connectivity index is 2.20. The van der Waals surface area contributed by atoms with Crippen LogP contribution in [0.2, 0.25) is 0 Å². The molecule has 0 bridgehead atoms. The van der Waals surface area contributed by atoms with Crippen molar-refractivity contribution in [1.29, 1.82) is 0 Å². The summed E-state index contributed by atoms with van der Waals surface area (Å²) in [5.74, 6) is -4.44. The molecule has 1 aromatic rings. The first-order valence-corrected chi connectivity index (χ1v) is 12.1. The van der Waals surface area contributed by atoms with Gasteiger partial charge in [-0.05, 0) is 32.1 Å². The highest BCUT2D eigenvalue weighted by atomic mass is 16.4. The van der Waals surface area contributed by atoms with E-state index in [1.807, 2.05) is 0 Å². The minimum atomic E-state index is -1.18. The summed E-state index contributed by atoms with van der Waals surface area (Å²) in [5.41, 5.74) is 17.0. The number of amides is 3. The zero-order chi connectivity index (χ0) is 28.2. The smallest absolute Gasteiger partial charge is 0.326 e. The Kier molecular flexibility index (Phi) is 11.5. The van der Waals surface area contributed by atoms with Crippen molar-refractivity contribution < 1.29 is 34.2 Å². The Labute approximate surface area is 218 Å². The third kappa shape index (κ3) is 9.34. The molecule has 210 valence electrons. The standard InChI is InChI=1S/C22H35N9O7/c23-13(5-6-17(32)33)18(34)29-14(3-1-7-27-22(24)25)19(35)30-15(9-12-10-26-11-28-12)20(36)31-8-2-4-16(31)21(37)38/h10-11,13-16H,1-9,23H2,(H,26,28)(H,29,34)(H,30,35)(H,32,33)(H,37,38)(H4,24,25,27). The zero-order valence-electron chi connectivity index (χ0n) is 20.8. The van der Waals surface area contributed by atoms with Gasteiger partial charge in [0, 0.05) is 37.8 Å². The van der Waals surface area contributed by atoms with E-state index in [9.17, 15) is 29.1 Å². The number of likely N-dealkylation sites (tertiary alicyclic amines) is 1. The summed E-state index contributed by atoms with van der Waals surface area (Å²) in [6, 6.07) is -4.49. The van der Waals surface area contributed by atoms with Crippen LogP contribution >= 0.6 is 0 Å². The number of carbonyl (C=O) groups excluding carboxylic acids is 3. The molecule has 3 amide bonds. The molecular formula is C22H35N9O7. The molecule has 2 heterocycles. The highest BCUT2D eigenvalue weighted by molar-refractivity contribution is 5.94. The summed E-state index contributed by atoms with van der Waals surface area (Å²) >= 11 is 0. The molecule has 1 saturated heterocycles. The SMILES string of the molecule is NC(N)=NCCCC(NC(=O)C(N)CCC(=O)O)C(=O)NC(Cc1cnc[nH]1)C(=O)N1CCCC1C(=O)O. The predicted octanol–water partition coefficient (Wildman–Crippen LogP) is -2.76. The van der Waals surface area contributed by atoms with E-state index >= 15 is 0 Å². The molecule has 1 fully saturated rings. The van der Waals surface area contributed by atoms with Crippen molar-refractivity contribution >= 4 is 35.6 Å². The molecule has 16 heteroatoms. The lowest BCUT2D eigenvalue weighted by Gasteiger charge is -2.29. The van der Waals surface area contributed by atoms with Crippen LogP contribution < -0.4 is 27.8 Å². The van der Waals surface area contributed by atoms with Gasteiger partial charge in [-0.2, -0.15) is 0 Å². The number of hydrogen-bond acceptors (Lipinski definition) is 8. The molecule has 11 N–H and O–H groups in total. The molecule has 1 aliphatic heterocycles. The Morgan fingerprint density at radius 1 is 1.13 bits per heavy atom. The number of imidazole rings is 1. The molecule has 0 aliphatic carbocycles. The van der Waals surface area contributed by atoms with Gasteiger partial charge in [0.1, 0.15) is 18.1 Å². The molecule has 16 nitrogen and oxygen atoms in total. The number of H-pyrrole nitrogens is 1. The van der Waals surface area contributed by atoms with Gasteiger partial charge in [0.25, 0.3) is 0 Å². The van der Waals surface area contributed by atoms with Gasteiger partial charge in [-0.1, -0.05) is 0 Å². The van der Waals surface area contributed by atoms with Gasteiger partial charge in [-0.15, -0.1) is 0 Å². The number of carbonyl (C=O) groups is 5. The van der Waals surface area contributed by atoms with Gasteiger partial charge < -0.3 is 47.9 Å². The van der Waals surface area contributed by atoms with E-state index in [0.717, 1.165) is 0 Å². The van der Waals surface area contributed by atoms with E-state index in [-0.39, 0.29) is 51.2 Å². The zero-order valence-corrected chi connectivity index (χ0v) is 20.8. The lowest BCUT2D eigenvalue weighted by molar-refractivity contribution is -0.149. The molecule has 38 heavy (non-hydrogen) atoms. The second-order valence-electron chi connectivity index (χ2n) is 8.92. The third-order valence-electron chi connectivity index (χ3n) is 6.00. The number of carboxylic acids is 2. The second kappa shape index (κ2) is 14.5. The molecule has 4 atom stereocenters. The molecule has 0 saturated carbocycles. The maximum Gasteiger partial charge on any atom is 0.326 e. The van der Waals surface area contributed by atoms with Crippen molar-refractivity contribution in [3.8, 4) is 0 Å². The second-order valence-corrected chi connectivity index (χ2v) is 8.92. The van der Waals surface area contributed by atoms with E-state index in [1.165, 1.54) is 17.4 Å². The van der Waals surface area contributed by atoms with Gasteiger partial charge in [-0.3, -0.25) is 24.2 Å². The summed E-state index contributed by atoms with van der Waals surface area (Å²) in [6.07, 6.45) is 3.56. The number of nitrogens with one attached hydrogen (secondary N) is 3. The monoisotopic (exact) mass is 537 g/mol. The van der Waals surface area contributed by atoms with Crippen LogP contribution in [0, 0.1) is 0 Å². The summed E-state index contributed by atoms with van der Waals surface area (Å²) in [5, 5.41) is 23.5. The Morgan fingerprint density at radius 3 is 2.45 bits per heavy atom. The number of hydrogen-bond donors (Lipinski definition) is 8. The van der Waals surface area contributed by atoms with Gasteiger partial charge >= 0.3 is 11.9 Å².